The van der Waals surface area contributed by atoms with Crippen molar-refractivity contribution in [1.29, 1.82) is 0 Å². The lowest BCUT2D eigenvalue weighted by molar-refractivity contribution is -0.172. The van der Waals surface area contributed by atoms with Gasteiger partial charge in [0, 0.05) is 19.3 Å². The Morgan fingerprint density at radius 2 is 0.784 bits per heavy atom. The van der Waals surface area contributed by atoms with Gasteiger partial charge in [0.05, 0.1) is 5.92 Å². The first-order valence-corrected chi connectivity index (χ1v) is 20.9. The van der Waals surface area contributed by atoms with Crippen LogP contribution in [0.5, 0.6) is 0 Å². The van der Waals surface area contributed by atoms with Crippen molar-refractivity contribution in [2.45, 2.75) is 188 Å². The minimum Gasteiger partial charge on any atom is -0.465 e. The monoisotopic (exact) mass is 726 g/mol. The molecular formula is C42H79NO8. The molecule has 0 radical (unpaired) electrons. The van der Waals surface area contributed by atoms with Crippen molar-refractivity contribution in [3.8, 4) is 0 Å². The lowest BCUT2D eigenvalue weighted by Crippen LogP contribution is -2.44. The van der Waals surface area contributed by atoms with Crippen LogP contribution in [0.3, 0.4) is 0 Å². The molecule has 0 aromatic carbocycles. The molecule has 0 saturated heterocycles. The van der Waals surface area contributed by atoms with Crippen LogP contribution in [0.1, 0.15) is 188 Å². The van der Waals surface area contributed by atoms with Crippen LogP contribution in [0.25, 0.3) is 0 Å². The Morgan fingerprint density at radius 1 is 0.451 bits per heavy atom. The van der Waals surface area contributed by atoms with Crippen molar-refractivity contribution in [2.24, 2.45) is 11.3 Å². The Kier molecular flexibility index (Phi) is 32.2. The second-order valence-corrected chi connectivity index (χ2v) is 15.1. The fourth-order valence-electron chi connectivity index (χ4n) is 5.97. The molecular weight excluding hydrogens is 646 g/mol. The SMILES string of the molecule is CCCCCCCC(=O)OCC(COC(=O)CCCCCCC)(COC(=O)CCCCN(C)C)COC(=O)C(CCCCCC)CCCCCC. The average molecular weight is 726 g/mol. The third-order valence-electron chi connectivity index (χ3n) is 9.49. The Balaban J connectivity index is 5.95. The number of carbonyl (C=O) groups is 4. The maximum atomic E-state index is 13.7. The Bertz CT molecular complexity index is 835. The molecule has 0 atom stereocenters. The second-order valence-electron chi connectivity index (χ2n) is 15.1. The van der Waals surface area contributed by atoms with Crippen LogP contribution in [0, 0.1) is 11.3 Å². The first kappa shape index (κ1) is 48.8. The number of hydrogen-bond donors (Lipinski definition) is 0. The van der Waals surface area contributed by atoms with E-state index in [-0.39, 0.29) is 75.5 Å². The van der Waals surface area contributed by atoms with Gasteiger partial charge in [0.25, 0.3) is 0 Å². The third-order valence-corrected chi connectivity index (χ3v) is 9.49. The van der Waals surface area contributed by atoms with E-state index in [1.54, 1.807) is 0 Å². The molecule has 0 unspecified atom stereocenters. The summed E-state index contributed by atoms with van der Waals surface area (Å²) in [6, 6.07) is 0. The summed E-state index contributed by atoms with van der Waals surface area (Å²) in [5.74, 6) is -1.61. The summed E-state index contributed by atoms with van der Waals surface area (Å²) in [5, 5.41) is 0. The largest absolute Gasteiger partial charge is 0.465 e. The Hall–Kier alpha value is -2.16. The van der Waals surface area contributed by atoms with E-state index in [2.05, 4.69) is 32.6 Å². The summed E-state index contributed by atoms with van der Waals surface area (Å²) < 4.78 is 23.4. The van der Waals surface area contributed by atoms with Crippen LogP contribution in [-0.4, -0.2) is 75.8 Å². The Labute approximate surface area is 313 Å². The normalized spacial score (nSPS) is 11.6. The predicted octanol–water partition coefficient (Wildman–Crippen LogP) is 10.2. The average Bonchev–Trinajstić information content (AvgIpc) is 3.11. The van der Waals surface area contributed by atoms with Crippen molar-refractivity contribution >= 4 is 23.9 Å². The molecule has 0 fully saturated rings. The highest BCUT2D eigenvalue weighted by Gasteiger charge is 2.38. The van der Waals surface area contributed by atoms with E-state index >= 15 is 0 Å². The summed E-state index contributed by atoms with van der Waals surface area (Å²) in [7, 11) is 3.99. The number of carbonyl (C=O) groups excluding carboxylic acids is 4. The second kappa shape index (κ2) is 33.7. The maximum Gasteiger partial charge on any atom is 0.308 e. The minimum atomic E-state index is -1.21. The number of nitrogens with zero attached hydrogens (tertiary/aromatic N) is 1. The summed E-state index contributed by atoms with van der Waals surface area (Å²) in [6.07, 6.45) is 22.5. The molecule has 0 amide bonds. The van der Waals surface area contributed by atoms with E-state index in [1.165, 1.54) is 0 Å². The van der Waals surface area contributed by atoms with Gasteiger partial charge < -0.3 is 23.8 Å². The van der Waals surface area contributed by atoms with Crippen molar-refractivity contribution in [2.75, 3.05) is 47.1 Å². The van der Waals surface area contributed by atoms with Crippen LogP contribution in [0.2, 0.25) is 0 Å². The maximum absolute atomic E-state index is 13.7. The van der Waals surface area contributed by atoms with Crippen LogP contribution in [-0.2, 0) is 38.1 Å². The molecule has 51 heavy (non-hydrogen) atoms. The van der Waals surface area contributed by atoms with Crippen molar-refractivity contribution in [3.63, 3.8) is 0 Å². The molecule has 9 nitrogen and oxygen atoms in total. The van der Waals surface area contributed by atoms with Gasteiger partial charge in [-0.2, -0.15) is 0 Å². The highest BCUT2D eigenvalue weighted by Crippen LogP contribution is 2.26. The van der Waals surface area contributed by atoms with E-state index in [0.717, 1.165) is 141 Å². The van der Waals surface area contributed by atoms with Gasteiger partial charge in [-0.3, -0.25) is 19.2 Å². The minimum absolute atomic E-state index is 0.173. The van der Waals surface area contributed by atoms with Crippen molar-refractivity contribution in [3.05, 3.63) is 0 Å². The van der Waals surface area contributed by atoms with Gasteiger partial charge in [-0.05, 0) is 59.2 Å². The molecule has 300 valence electrons. The fourth-order valence-corrected chi connectivity index (χ4v) is 5.97. The van der Waals surface area contributed by atoms with Gasteiger partial charge in [0.1, 0.15) is 31.8 Å². The first-order chi connectivity index (χ1) is 24.6. The van der Waals surface area contributed by atoms with Gasteiger partial charge >= 0.3 is 23.9 Å². The first-order valence-electron chi connectivity index (χ1n) is 20.9. The zero-order valence-electron chi connectivity index (χ0n) is 34.0. The highest BCUT2D eigenvalue weighted by atomic mass is 16.6. The lowest BCUT2D eigenvalue weighted by atomic mass is 9.91. The number of unbranched alkanes of at least 4 members (excludes halogenated alkanes) is 15. The predicted molar refractivity (Wildman–Crippen MR) is 206 cm³/mol. The molecule has 0 saturated carbocycles. The molecule has 0 aliphatic carbocycles. The van der Waals surface area contributed by atoms with Crippen LogP contribution < -0.4 is 0 Å². The fraction of sp³-hybridized carbons (Fsp3) is 0.905. The summed E-state index contributed by atoms with van der Waals surface area (Å²) >= 11 is 0. The molecule has 0 rings (SSSR count). The number of rotatable bonds is 36. The topological polar surface area (TPSA) is 108 Å². The molecule has 0 heterocycles. The van der Waals surface area contributed by atoms with Gasteiger partial charge in [-0.15, -0.1) is 0 Å². The van der Waals surface area contributed by atoms with Crippen LogP contribution in [0.4, 0.5) is 0 Å². The zero-order chi connectivity index (χ0) is 38.0. The van der Waals surface area contributed by atoms with E-state index < -0.39 is 5.41 Å². The smallest absolute Gasteiger partial charge is 0.308 e. The van der Waals surface area contributed by atoms with Gasteiger partial charge in [-0.1, -0.05) is 130 Å². The molecule has 0 aromatic heterocycles. The lowest BCUT2D eigenvalue weighted by Gasteiger charge is -2.32. The zero-order valence-corrected chi connectivity index (χ0v) is 34.0. The van der Waals surface area contributed by atoms with E-state index in [4.69, 9.17) is 18.9 Å². The van der Waals surface area contributed by atoms with Crippen LogP contribution in [0.15, 0.2) is 0 Å². The molecule has 0 bridgehead atoms. The molecule has 0 N–H and O–H groups in total. The number of hydrogen-bond acceptors (Lipinski definition) is 9. The third kappa shape index (κ3) is 29.0. The molecule has 0 spiro atoms. The molecule has 9 heteroatoms. The summed E-state index contributed by atoms with van der Waals surface area (Å²) in [5.41, 5.74) is -1.21. The Morgan fingerprint density at radius 3 is 1.16 bits per heavy atom. The molecule has 0 aliphatic rings. The number of ether oxygens (including phenoxy) is 4. The van der Waals surface area contributed by atoms with Gasteiger partial charge in [-0.25, -0.2) is 0 Å². The van der Waals surface area contributed by atoms with Gasteiger partial charge in [0.15, 0.2) is 0 Å². The van der Waals surface area contributed by atoms with Crippen molar-refractivity contribution < 1.29 is 38.1 Å². The van der Waals surface area contributed by atoms with Crippen LogP contribution >= 0.6 is 0 Å². The van der Waals surface area contributed by atoms with E-state index in [9.17, 15) is 19.2 Å². The van der Waals surface area contributed by atoms with E-state index in [0.29, 0.717) is 6.42 Å². The highest BCUT2D eigenvalue weighted by molar-refractivity contribution is 5.72. The van der Waals surface area contributed by atoms with E-state index in [1.807, 2.05) is 14.1 Å². The summed E-state index contributed by atoms with van der Waals surface area (Å²) in [6.45, 7) is 8.80. The number of esters is 4. The summed E-state index contributed by atoms with van der Waals surface area (Å²) in [4.78, 5) is 54.4. The molecule has 0 aliphatic heterocycles. The molecule has 0 aromatic rings. The quantitative estimate of drug-likeness (QED) is 0.0354. The van der Waals surface area contributed by atoms with Gasteiger partial charge in [0.2, 0.25) is 0 Å². The standard InChI is InChI=1S/C42H79NO8/c1-7-11-15-19-23-29-38(44)48-33-42(34-49-39(45)30-24-20-16-12-8-2,35-50-40(46)31-25-26-32-43(5)6)36-51-41(47)37(27-21-17-13-9-3)28-22-18-14-10-4/h37H,7-36H2,1-6H3. The van der Waals surface area contributed by atoms with Crippen molar-refractivity contribution in [1.82, 2.24) is 4.90 Å².